The van der Waals surface area contributed by atoms with Gasteiger partial charge in [-0.15, -0.1) is 11.3 Å². The van der Waals surface area contributed by atoms with E-state index in [1.165, 1.54) is 4.88 Å². The number of aryl methyl sites for hydroxylation is 1. The van der Waals surface area contributed by atoms with Crippen LogP contribution in [-0.4, -0.2) is 42.7 Å². The number of morpholine rings is 1. The second kappa shape index (κ2) is 7.59. The second-order valence-corrected chi connectivity index (χ2v) is 6.29. The van der Waals surface area contributed by atoms with Gasteiger partial charge in [0.25, 0.3) is 0 Å². The standard InChI is InChI=1S/C16H20N4O2S/c1-2-15-19-12(10-17)16(22-15)18-11-13(14-4-3-9-23-14)20-5-7-21-8-6-20/h3-4,9,13,18H,2,5-8,11H2,1H3. The van der Waals surface area contributed by atoms with Crippen LogP contribution in [0, 0.1) is 11.3 Å². The summed E-state index contributed by atoms with van der Waals surface area (Å²) in [6.45, 7) is 5.96. The van der Waals surface area contributed by atoms with Crippen LogP contribution in [-0.2, 0) is 11.2 Å². The first-order chi connectivity index (χ1) is 11.3. The molecule has 0 radical (unpaired) electrons. The van der Waals surface area contributed by atoms with Crippen molar-refractivity contribution in [1.82, 2.24) is 9.88 Å². The molecular weight excluding hydrogens is 312 g/mol. The summed E-state index contributed by atoms with van der Waals surface area (Å²) < 4.78 is 11.1. The summed E-state index contributed by atoms with van der Waals surface area (Å²) in [6, 6.07) is 6.54. The molecule has 2 aromatic rings. The number of thiophene rings is 1. The van der Waals surface area contributed by atoms with Gasteiger partial charge in [-0.3, -0.25) is 4.90 Å². The van der Waals surface area contributed by atoms with Gasteiger partial charge in [0.05, 0.1) is 19.3 Å². The third-order valence-electron chi connectivity index (χ3n) is 3.89. The fourth-order valence-electron chi connectivity index (χ4n) is 2.68. The Labute approximate surface area is 139 Å². The molecule has 1 atom stereocenters. The minimum atomic E-state index is 0.237. The predicted molar refractivity (Wildman–Crippen MR) is 88.5 cm³/mol. The van der Waals surface area contributed by atoms with Crippen molar-refractivity contribution in [2.75, 3.05) is 38.2 Å². The van der Waals surface area contributed by atoms with Gasteiger partial charge in [0, 0.05) is 30.9 Å². The summed E-state index contributed by atoms with van der Waals surface area (Å²) in [7, 11) is 0. The zero-order valence-corrected chi connectivity index (χ0v) is 13.9. The summed E-state index contributed by atoms with van der Waals surface area (Å²) in [4.78, 5) is 7.89. The Morgan fingerprint density at radius 3 is 2.96 bits per heavy atom. The van der Waals surface area contributed by atoms with Crippen LogP contribution in [0.3, 0.4) is 0 Å². The van der Waals surface area contributed by atoms with Crippen LogP contribution >= 0.6 is 11.3 Å². The quantitative estimate of drug-likeness (QED) is 0.876. The molecule has 3 heterocycles. The zero-order chi connectivity index (χ0) is 16.1. The maximum Gasteiger partial charge on any atom is 0.232 e. The number of ether oxygens (including phenoxy) is 1. The van der Waals surface area contributed by atoms with Gasteiger partial charge in [-0.25, -0.2) is 4.98 Å². The lowest BCUT2D eigenvalue weighted by molar-refractivity contribution is 0.0193. The molecule has 7 heteroatoms. The molecule has 1 N–H and O–H groups in total. The highest BCUT2D eigenvalue weighted by Gasteiger charge is 2.24. The van der Waals surface area contributed by atoms with E-state index >= 15 is 0 Å². The number of nitrogens with zero attached hydrogens (tertiary/aromatic N) is 3. The van der Waals surface area contributed by atoms with Crippen LogP contribution in [0.1, 0.15) is 29.4 Å². The molecule has 3 rings (SSSR count). The van der Waals surface area contributed by atoms with Crippen LogP contribution in [0.2, 0.25) is 0 Å². The topological polar surface area (TPSA) is 74.3 Å². The molecule has 0 aromatic carbocycles. The molecule has 0 aliphatic carbocycles. The van der Waals surface area contributed by atoms with E-state index in [1.54, 1.807) is 11.3 Å². The molecule has 0 amide bonds. The van der Waals surface area contributed by atoms with E-state index in [0.717, 1.165) is 26.3 Å². The maximum absolute atomic E-state index is 9.19. The first kappa shape index (κ1) is 16.0. The lowest BCUT2D eigenvalue weighted by Crippen LogP contribution is -2.41. The van der Waals surface area contributed by atoms with Crippen molar-refractivity contribution in [1.29, 1.82) is 5.26 Å². The molecular formula is C16H20N4O2S. The lowest BCUT2D eigenvalue weighted by atomic mass is 10.2. The fourth-order valence-corrected chi connectivity index (χ4v) is 3.54. The maximum atomic E-state index is 9.19. The Kier molecular flexibility index (Phi) is 5.28. The van der Waals surface area contributed by atoms with E-state index in [4.69, 9.17) is 9.15 Å². The molecule has 122 valence electrons. The van der Waals surface area contributed by atoms with Crippen molar-refractivity contribution >= 4 is 17.2 Å². The summed E-state index contributed by atoms with van der Waals surface area (Å²) >= 11 is 1.75. The Morgan fingerprint density at radius 1 is 1.48 bits per heavy atom. The van der Waals surface area contributed by atoms with Gasteiger partial charge in [0.1, 0.15) is 6.07 Å². The SMILES string of the molecule is CCc1nc(C#N)c(NCC(c2cccs2)N2CCOCC2)o1. The lowest BCUT2D eigenvalue weighted by Gasteiger charge is -2.34. The number of hydrogen-bond acceptors (Lipinski definition) is 7. The predicted octanol–water partition coefficient (Wildman–Crippen LogP) is 2.66. The Balaban J connectivity index is 1.74. The molecule has 0 bridgehead atoms. The van der Waals surface area contributed by atoms with E-state index in [-0.39, 0.29) is 6.04 Å². The van der Waals surface area contributed by atoms with Crippen molar-refractivity contribution in [3.63, 3.8) is 0 Å². The monoisotopic (exact) mass is 332 g/mol. The zero-order valence-electron chi connectivity index (χ0n) is 13.1. The van der Waals surface area contributed by atoms with Crippen molar-refractivity contribution in [3.05, 3.63) is 34.0 Å². The van der Waals surface area contributed by atoms with Crippen molar-refractivity contribution in [3.8, 4) is 6.07 Å². The Hall–Kier alpha value is -1.88. The second-order valence-electron chi connectivity index (χ2n) is 5.31. The highest BCUT2D eigenvalue weighted by molar-refractivity contribution is 7.10. The average molecular weight is 332 g/mol. The number of nitriles is 1. The summed E-state index contributed by atoms with van der Waals surface area (Å²) in [5.41, 5.74) is 0.328. The molecule has 1 unspecified atom stereocenters. The average Bonchev–Trinajstić information content (AvgIpc) is 3.25. The number of anilines is 1. The van der Waals surface area contributed by atoms with Crippen LogP contribution in [0.5, 0.6) is 0 Å². The summed E-state index contributed by atoms with van der Waals surface area (Å²) in [5, 5.41) is 14.6. The van der Waals surface area contributed by atoms with Gasteiger partial charge in [-0.1, -0.05) is 13.0 Å². The van der Waals surface area contributed by atoms with Gasteiger partial charge in [0.15, 0.2) is 5.89 Å². The van der Waals surface area contributed by atoms with Gasteiger partial charge >= 0.3 is 0 Å². The number of hydrogen-bond donors (Lipinski definition) is 1. The van der Waals surface area contributed by atoms with E-state index in [9.17, 15) is 5.26 Å². The van der Waals surface area contributed by atoms with Gasteiger partial charge < -0.3 is 14.5 Å². The number of oxazole rings is 1. The molecule has 1 aliphatic rings. The smallest absolute Gasteiger partial charge is 0.232 e. The van der Waals surface area contributed by atoms with Crippen molar-refractivity contribution in [2.45, 2.75) is 19.4 Å². The minimum Gasteiger partial charge on any atom is -0.424 e. The normalized spacial score (nSPS) is 16.9. The van der Waals surface area contributed by atoms with Crippen molar-refractivity contribution in [2.24, 2.45) is 0 Å². The molecule has 1 fully saturated rings. The Morgan fingerprint density at radius 2 is 2.30 bits per heavy atom. The fraction of sp³-hybridized carbons (Fsp3) is 0.500. The van der Waals surface area contributed by atoms with Crippen LogP contribution in [0.4, 0.5) is 5.88 Å². The number of aromatic nitrogens is 1. The minimum absolute atomic E-state index is 0.237. The van der Waals surface area contributed by atoms with E-state index in [1.807, 2.05) is 6.92 Å². The summed E-state index contributed by atoms with van der Waals surface area (Å²) in [6.07, 6.45) is 0.675. The highest BCUT2D eigenvalue weighted by atomic mass is 32.1. The number of rotatable bonds is 6. The molecule has 1 aliphatic heterocycles. The molecule has 0 spiro atoms. The highest BCUT2D eigenvalue weighted by Crippen LogP contribution is 2.27. The van der Waals surface area contributed by atoms with E-state index in [0.29, 0.717) is 30.4 Å². The largest absolute Gasteiger partial charge is 0.424 e. The summed E-state index contributed by atoms with van der Waals surface area (Å²) in [5.74, 6) is 1.06. The van der Waals surface area contributed by atoms with Crippen LogP contribution in [0.15, 0.2) is 21.9 Å². The number of nitrogens with one attached hydrogen (secondary N) is 1. The van der Waals surface area contributed by atoms with Gasteiger partial charge in [-0.2, -0.15) is 5.26 Å². The van der Waals surface area contributed by atoms with Gasteiger partial charge in [-0.05, 0) is 11.4 Å². The molecule has 2 aromatic heterocycles. The molecule has 23 heavy (non-hydrogen) atoms. The third-order valence-corrected chi connectivity index (χ3v) is 4.87. The first-order valence-corrected chi connectivity index (χ1v) is 8.68. The molecule has 6 nitrogen and oxygen atoms in total. The van der Waals surface area contributed by atoms with Crippen LogP contribution in [0.25, 0.3) is 0 Å². The third kappa shape index (κ3) is 3.72. The van der Waals surface area contributed by atoms with Gasteiger partial charge in [0.2, 0.25) is 11.6 Å². The van der Waals surface area contributed by atoms with E-state index in [2.05, 4.69) is 38.8 Å². The van der Waals surface area contributed by atoms with Crippen LogP contribution < -0.4 is 5.32 Å². The molecule has 0 saturated carbocycles. The first-order valence-electron chi connectivity index (χ1n) is 7.80. The van der Waals surface area contributed by atoms with E-state index < -0.39 is 0 Å². The van der Waals surface area contributed by atoms with Crippen molar-refractivity contribution < 1.29 is 9.15 Å². The molecule has 1 saturated heterocycles. The Bertz CT molecular complexity index is 656.